The summed E-state index contributed by atoms with van der Waals surface area (Å²) in [5.41, 5.74) is 3.03. The number of carbonyl (C=O) groups excluding carboxylic acids is 1. The van der Waals surface area contributed by atoms with E-state index >= 15 is 0 Å². The molecule has 0 bridgehead atoms. The zero-order valence-electron chi connectivity index (χ0n) is 11.7. The van der Waals surface area contributed by atoms with Crippen LogP contribution in [0.25, 0.3) is 0 Å². The second-order valence-electron chi connectivity index (χ2n) is 6.54. The van der Waals surface area contributed by atoms with Crippen molar-refractivity contribution in [1.29, 1.82) is 0 Å². The van der Waals surface area contributed by atoms with Crippen LogP contribution in [0, 0.1) is 0 Å². The number of nitrogens with zero attached hydrogens (tertiary/aromatic N) is 1. The van der Waals surface area contributed by atoms with Gasteiger partial charge in [-0.15, -0.1) is 0 Å². The summed E-state index contributed by atoms with van der Waals surface area (Å²) in [5, 5.41) is 0. The minimum atomic E-state index is 0.131. The van der Waals surface area contributed by atoms with Crippen LogP contribution in [0.5, 0.6) is 0 Å². The van der Waals surface area contributed by atoms with Gasteiger partial charge in [0.25, 0.3) is 0 Å². The van der Waals surface area contributed by atoms with Crippen molar-refractivity contribution < 1.29 is 4.79 Å². The third-order valence-electron chi connectivity index (χ3n) is 4.89. The summed E-state index contributed by atoms with van der Waals surface area (Å²) in [4.78, 5) is 13.9. The Bertz CT molecular complexity index is 538. The number of carbonyl (C=O) groups is 1. The van der Waals surface area contributed by atoms with Crippen molar-refractivity contribution in [2.75, 3.05) is 7.05 Å². The maximum absolute atomic E-state index is 11.9. The maximum atomic E-state index is 11.9. The fraction of sp³-hybridized carbons (Fsp3) is 0.562. The minimum Gasteiger partial charge on any atom is -0.342 e. The van der Waals surface area contributed by atoms with Gasteiger partial charge in [0.05, 0.1) is 0 Å². The molecule has 3 heteroatoms. The van der Waals surface area contributed by atoms with Gasteiger partial charge in [-0.3, -0.25) is 4.79 Å². The standard InChI is InChI=1S/C16H20BrNO/c1-16(2)9-14-12(6-7-15(19)18(14)3)11-5-4-10(17)8-13(11)16/h4-5,8,12,14H,6-7,9H2,1-3H3/t12-,14+/m0/s1. The summed E-state index contributed by atoms with van der Waals surface area (Å²) in [7, 11) is 1.97. The number of hydrogen-bond acceptors (Lipinski definition) is 1. The zero-order chi connectivity index (χ0) is 13.8. The van der Waals surface area contributed by atoms with Gasteiger partial charge in [-0.05, 0) is 41.5 Å². The monoisotopic (exact) mass is 321 g/mol. The summed E-state index contributed by atoms with van der Waals surface area (Å²) in [5.74, 6) is 0.816. The third-order valence-corrected chi connectivity index (χ3v) is 5.38. The smallest absolute Gasteiger partial charge is 0.222 e. The van der Waals surface area contributed by atoms with Crippen molar-refractivity contribution >= 4 is 21.8 Å². The van der Waals surface area contributed by atoms with Crippen molar-refractivity contribution in [2.45, 2.75) is 50.5 Å². The number of benzene rings is 1. The van der Waals surface area contributed by atoms with Gasteiger partial charge in [-0.2, -0.15) is 0 Å². The van der Waals surface area contributed by atoms with E-state index in [-0.39, 0.29) is 5.41 Å². The van der Waals surface area contributed by atoms with E-state index in [4.69, 9.17) is 0 Å². The van der Waals surface area contributed by atoms with Crippen LogP contribution in [-0.2, 0) is 10.2 Å². The van der Waals surface area contributed by atoms with E-state index in [1.54, 1.807) is 0 Å². The lowest BCUT2D eigenvalue weighted by molar-refractivity contribution is -0.136. The Labute approximate surface area is 123 Å². The third kappa shape index (κ3) is 2.03. The van der Waals surface area contributed by atoms with Gasteiger partial charge in [-0.25, -0.2) is 0 Å². The van der Waals surface area contributed by atoms with Gasteiger partial charge in [0.15, 0.2) is 0 Å². The molecule has 1 fully saturated rings. The van der Waals surface area contributed by atoms with Crippen LogP contribution < -0.4 is 0 Å². The molecule has 102 valence electrons. The van der Waals surface area contributed by atoms with Gasteiger partial charge in [-0.1, -0.05) is 35.8 Å². The molecule has 19 heavy (non-hydrogen) atoms. The first-order chi connectivity index (χ1) is 8.90. The molecule has 0 spiro atoms. The first-order valence-electron chi connectivity index (χ1n) is 6.96. The normalized spacial score (nSPS) is 28.8. The summed E-state index contributed by atoms with van der Waals surface area (Å²) in [6.07, 6.45) is 2.75. The molecule has 1 amide bonds. The van der Waals surface area contributed by atoms with E-state index in [0.29, 0.717) is 24.3 Å². The Hall–Kier alpha value is -0.830. The Balaban J connectivity index is 2.11. The van der Waals surface area contributed by atoms with E-state index in [2.05, 4.69) is 48.0 Å². The van der Waals surface area contributed by atoms with E-state index in [1.807, 2.05) is 11.9 Å². The lowest BCUT2D eigenvalue weighted by Gasteiger charge is -2.48. The molecular weight excluding hydrogens is 302 g/mol. The molecule has 3 rings (SSSR count). The van der Waals surface area contributed by atoms with Crippen LogP contribution in [0.1, 0.15) is 50.2 Å². The SMILES string of the molecule is CN1C(=O)CC[C@H]2c3ccc(Br)cc3C(C)(C)C[C@H]21. The summed E-state index contributed by atoms with van der Waals surface area (Å²) < 4.78 is 1.15. The molecule has 1 aliphatic carbocycles. The van der Waals surface area contributed by atoms with E-state index in [0.717, 1.165) is 17.3 Å². The molecule has 0 N–H and O–H groups in total. The molecule has 0 aromatic heterocycles. The highest BCUT2D eigenvalue weighted by molar-refractivity contribution is 9.10. The predicted octanol–water partition coefficient (Wildman–Crippen LogP) is 3.83. The largest absolute Gasteiger partial charge is 0.342 e. The fourth-order valence-electron chi connectivity index (χ4n) is 3.82. The van der Waals surface area contributed by atoms with Crippen LogP contribution >= 0.6 is 15.9 Å². The molecule has 2 aliphatic rings. The van der Waals surface area contributed by atoms with Crippen LogP contribution in [0.2, 0.25) is 0 Å². The first-order valence-corrected chi connectivity index (χ1v) is 7.75. The van der Waals surface area contributed by atoms with E-state index in [9.17, 15) is 4.79 Å². The van der Waals surface area contributed by atoms with Crippen molar-refractivity contribution in [1.82, 2.24) is 4.90 Å². The average molecular weight is 322 g/mol. The zero-order valence-corrected chi connectivity index (χ0v) is 13.3. The average Bonchev–Trinajstić information content (AvgIpc) is 2.35. The second kappa shape index (κ2) is 4.34. The highest BCUT2D eigenvalue weighted by atomic mass is 79.9. The van der Waals surface area contributed by atoms with Crippen LogP contribution in [0.3, 0.4) is 0 Å². The minimum absolute atomic E-state index is 0.131. The molecule has 0 unspecified atom stereocenters. The summed E-state index contributed by atoms with van der Waals surface area (Å²) >= 11 is 3.59. The van der Waals surface area contributed by atoms with Crippen molar-refractivity contribution in [2.24, 2.45) is 0 Å². The lowest BCUT2D eigenvalue weighted by atomic mass is 9.64. The summed E-state index contributed by atoms with van der Waals surface area (Å²) in [6, 6.07) is 7.02. The number of piperidine rings is 1. The predicted molar refractivity (Wildman–Crippen MR) is 80.3 cm³/mol. The number of halogens is 1. The number of likely N-dealkylation sites (N-methyl/N-ethyl adjacent to an activating group) is 1. The molecule has 1 aromatic carbocycles. The van der Waals surface area contributed by atoms with Crippen LogP contribution in [0.15, 0.2) is 22.7 Å². The van der Waals surface area contributed by atoms with E-state index < -0.39 is 0 Å². The topological polar surface area (TPSA) is 20.3 Å². The van der Waals surface area contributed by atoms with Gasteiger partial charge in [0, 0.05) is 29.9 Å². The van der Waals surface area contributed by atoms with Gasteiger partial charge in [0.1, 0.15) is 0 Å². The van der Waals surface area contributed by atoms with E-state index in [1.165, 1.54) is 11.1 Å². The Morgan fingerprint density at radius 3 is 2.84 bits per heavy atom. The highest BCUT2D eigenvalue weighted by Gasteiger charge is 2.44. The molecule has 0 radical (unpaired) electrons. The molecule has 0 saturated carbocycles. The first kappa shape index (κ1) is 13.2. The number of fused-ring (bicyclic) bond motifs is 3. The van der Waals surface area contributed by atoms with Crippen molar-refractivity contribution in [3.05, 3.63) is 33.8 Å². The number of amides is 1. The van der Waals surface area contributed by atoms with Gasteiger partial charge < -0.3 is 4.90 Å². The summed E-state index contributed by atoms with van der Waals surface area (Å²) in [6.45, 7) is 4.59. The van der Waals surface area contributed by atoms with Crippen molar-refractivity contribution in [3.8, 4) is 0 Å². The molecule has 1 aliphatic heterocycles. The number of hydrogen-bond donors (Lipinski definition) is 0. The Kier molecular flexibility index (Phi) is 3.01. The highest BCUT2D eigenvalue weighted by Crippen LogP contribution is 2.48. The Morgan fingerprint density at radius 2 is 2.11 bits per heavy atom. The molecule has 2 atom stereocenters. The molecule has 1 aromatic rings. The lowest BCUT2D eigenvalue weighted by Crippen LogP contribution is -2.50. The molecule has 1 heterocycles. The molecule has 2 nitrogen and oxygen atoms in total. The molecular formula is C16H20BrNO. The molecule has 1 saturated heterocycles. The van der Waals surface area contributed by atoms with Crippen molar-refractivity contribution in [3.63, 3.8) is 0 Å². The van der Waals surface area contributed by atoms with Gasteiger partial charge >= 0.3 is 0 Å². The van der Waals surface area contributed by atoms with Crippen LogP contribution in [0.4, 0.5) is 0 Å². The number of likely N-dealkylation sites (tertiary alicyclic amines) is 1. The van der Waals surface area contributed by atoms with Gasteiger partial charge in [0.2, 0.25) is 5.91 Å². The number of rotatable bonds is 0. The Morgan fingerprint density at radius 1 is 1.37 bits per heavy atom. The fourth-order valence-corrected chi connectivity index (χ4v) is 4.18. The maximum Gasteiger partial charge on any atom is 0.222 e. The van der Waals surface area contributed by atoms with Crippen LogP contribution in [-0.4, -0.2) is 23.9 Å². The second-order valence-corrected chi connectivity index (χ2v) is 7.45. The quantitative estimate of drug-likeness (QED) is 0.711.